The zero-order valence-corrected chi connectivity index (χ0v) is 22.6. The van der Waals surface area contributed by atoms with Gasteiger partial charge in [0.2, 0.25) is 0 Å². The first-order valence-corrected chi connectivity index (χ1v) is 14.0. The molecule has 0 saturated heterocycles. The van der Waals surface area contributed by atoms with Crippen molar-refractivity contribution < 1.29 is 0 Å². The van der Waals surface area contributed by atoms with E-state index < -0.39 is 0 Å². The van der Waals surface area contributed by atoms with E-state index in [1.807, 2.05) is 109 Å². The molecule has 0 bridgehead atoms. The lowest BCUT2D eigenvalue weighted by atomic mass is 10.2. The second kappa shape index (κ2) is 10.6. The molecule has 0 amide bonds. The zero-order valence-electron chi connectivity index (χ0n) is 21.0. The molecule has 0 saturated carbocycles. The van der Waals surface area contributed by atoms with E-state index in [2.05, 4.69) is 38.8 Å². The Morgan fingerprint density at radius 2 is 0.600 bits per heavy atom. The number of rotatable bonds is 8. The fourth-order valence-corrected chi connectivity index (χ4v) is 5.59. The van der Waals surface area contributed by atoms with Crippen molar-refractivity contribution in [3.05, 3.63) is 109 Å². The van der Waals surface area contributed by atoms with E-state index in [0.29, 0.717) is 0 Å². The standard InChI is InChI=1S/C30H22N8S2/c1-3-7-19(8-4-1)31-23-15-17-25(29-27(23)35-39-37-29)33-21-11-13-22(14-12-21)34-26-18-16-24(28-30(26)38-40-36-28)32-20-9-5-2-6-10-20/h1-18,31-34H. The molecule has 0 aliphatic rings. The summed E-state index contributed by atoms with van der Waals surface area (Å²) in [4.78, 5) is 0. The Morgan fingerprint density at radius 3 is 0.900 bits per heavy atom. The van der Waals surface area contributed by atoms with Crippen LogP contribution in [-0.2, 0) is 0 Å². The highest BCUT2D eigenvalue weighted by Gasteiger charge is 2.13. The lowest BCUT2D eigenvalue weighted by Crippen LogP contribution is -1.97. The lowest BCUT2D eigenvalue weighted by molar-refractivity contribution is 1.50. The quantitative estimate of drug-likeness (QED) is 0.147. The van der Waals surface area contributed by atoms with E-state index in [0.717, 1.165) is 67.6 Å². The molecule has 7 aromatic rings. The zero-order chi connectivity index (χ0) is 26.7. The minimum atomic E-state index is 0.829. The van der Waals surface area contributed by atoms with E-state index in [9.17, 15) is 0 Å². The summed E-state index contributed by atoms with van der Waals surface area (Å²) in [7, 11) is 0. The monoisotopic (exact) mass is 558 g/mol. The summed E-state index contributed by atoms with van der Waals surface area (Å²) in [5, 5.41) is 13.9. The Labute approximate surface area is 238 Å². The number of para-hydroxylation sites is 2. The van der Waals surface area contributed by atoms with E-state index in [4.69, 9.17) is 0 Å². The van der Waals surface area contributed by atoms with Crippen molar-refractivity contribution in [3.63, 3.8) is 0 Å². The van der Waals surface area contributed by atoms with Gasteiger partial charge < -0.3 is 21.3 Å². The van der Waals surface area contributed by atoms with Crippen LogP contribution in [-0.4, -0.2) is 17.5 Å². The van der Waals surface area contributed by atoms with Gasteiger partial charge in [-0.2, -0.15) is 17.5 Å². The van der Waals surface area contributed by atoms with Crippen LogP contribution in [0.4, 0.5) is 45.5 Å². The Morgan fingerprint density at radius 1 is 0.325 bits per heavy atom. The topological polar surface area (TPSA) is 99.7 Å². The molecule has 40 heavy (non-hydrogen) atoms. The lowest BCUT2D eigenvalue weighted by Gasteiger charge is -2.13. The summed E-state index contributed by atoms with van der Waals surface area (Å²) in [6.07, 6.45) is 0. The number of hydrogen-bond donors (Lipinski definition) is 4. The van der Waals surface area contributed by atoms with Crippen molar-refractivity contribution in [3.8, 4) is 0 Å². The third kappa shape index (κ3) is 4.89. The molecule has 5 aromatic carbocycles. The number of benzene rings is 5. The molecule has 0 unspecified atom stereocenters. The summed E-state index contributed by atoms with van der Waals surface area (Å²) in [5.74, 6) is 0. The molecule has 2 heterocycles. The SMILES string of the molecule is c1ccc(Nc2ccc(Nc3ccc(Nc4ccc(Nc5ccccc5)c5nsnc45)cc3)c3nsnc23)cc1. The van der Waals surface area contributed by atoms with Crippen molar-refractivity contribution in [1.29, 1.82) is 0 Å². The highest BCUT2D eigenvalue weighted by Crippen LogP contribution is 2.34. The van der Waals surface area contributed by atoms with Gasteiger partial charge in [-0.3, -0.25) is 0 Å². The normalized spacial score (nSPS) is 11.0. The summed E-state index contributed by atoms with van der Waals surface area (Å²) in [5.41, 5.74) is 10.9. The van der Waals surface area contributed by atoms with Gasteiger partial charge in [-0.1, -0.05) is 36.4 Å². The molecule has 0 spiro atoms. The Kier molecular flexibility index (Phi) is 6.36. The van der Waals surface area contributed by atoms with Crippen molar-refractivity contribution in [2.75, 3.05) is 21.3 Å². The van der Waals surface area contributed by atoms with E-state index in [1.54, 1.807) is 0 Å². The summed E-state index contributed by atoms with van der Waals surface area (Å²) >= 11 is 2.41. The first-order chi connectivity index (χ1) is 19.8. The highest BCUT2D eigenvalue weighted by molar-refractivity contribution is 7.00. The van der Waals surface area contributed by atoms with Crippen LogP contribution >= 0.6 is 23.5 Å². The number of nitrogens with zero attached hydrogens (tertiary/aromatic N) is 4. The molecule has 194 valence electrons. The number of anilines is 8. The number of hydrogen-bond acceptors (Lipinski definition) is 10. The average Bonchev–Trinajstić information content (AvgIpc) is 3.69. The van der Waals surface area contributed by atoms with Gasteiger partial charge in [-0.15, -0.1) is 0 Å². The van der Waals surface area contributed by atoms with Gasteiger partial charge in [-0.05, 0) is 72.8 Å². The second-order valence-corrected chi connectivity index (χ2v) is 10.1. The van der Waals surface area contributed by atoms with Crippen molar-refractivity contribution in [2.45, 2.75) is 0 Å². The van der Waals surface area contributed by atoms with Crippen LogP contribution in [0.5, 0.6) is 0 Å². The first-order valence-electron chi connectivity index (χ1n) is 12.6. The van der Waals surface area contributed by atoms with Gasteiger partial charge in [-0.25, -0.2) is 0 Å². The second-order valence-electron chi connectivity index (χ2n) is 9.05. The molecule has 7 rings (SSSR count). The summed E-state index contributed by atoms with van der Waals surface area (Å²) < 4.78 is 18.2. The molecular formula is C30H22N8S2. The Balaban J connectivity index is 1.08. The van der Waals surface area contributed by atoms with Crippen LogP contribution in [0.1, 0.15) is 0 Å². The molecule has 0 fully saturated rings. The maximum atomic E-state index is 4.55. The van der Waals surface area contributed by atoms with Gasteiger partial charge in [0.15, 0.2) is 0 Å². The fourth-order valence-electron chi connectivity index (χ4n) is 4.44. The number of fused-ring (bicyclic) bond motifs is 2. The fraction of sp³-hybridized carbons (Fsp3) is 0. The Hall–Kier alpha value is -5.06. The molecule has 0 aliphatic heterocycles. The van der Waals surface area contributed by atoms with Crippen molar-refractivity contribution in [2.24, 2.45) is 0 Å². The molecule has 0 radical (unpaired) electrons. The minimum Gasteiger partial charge on any atom is -0.354 e. The van der Waals surface area contributed by atoms with Crippen LogP contribution in [0.15, 0.2) is 109 Å². The van der Waals surface area contributed by atoms with Gasteiger partial charge in [0, 0.05) is 22.7 Å². The van der Waals surface area contributed by atoms with Crippen LogP contribution in [0.3, 0.4) is 0 Å². The Bertz CT molecular complexity index is 1760. The van der Waals surface area contributed by atoms with E-state index in [1.165, 1.54) is 23.5 Å². The molecule has 8 nitrogen and oxygen atoms in total. The summed E-state index contributed by atoms with van der Waals surface area (Å²) in [6.45, 7) is 0. The average molecular weight is 559 g/mol. The van der Waals surface area contributed by atoms with Gasteiger partial charge >= 0.3 is 0 Å². The smallest absolute Gasteiger partial charge is 0.130 e. The summed E-state index contributed by atoms with van der Waals surface area (Å²) in [6, 6.07) is 36.3. The largest absolute Gasteiger partial charge is 0.354 e. The first kappa shape index (κ1) is 24.0. The number of nitrogens with one attached hydrogen (secondary N) is 4. The maximum Gasteiger partial charge on any atom is 0.130 e. The van der Waals surface area contributed by atoms with Gasteiger partial charge in [0.1, 0.15) is 22.1 Å². The predicted octanol–water partition coefficient (Wildman–Crippen LogP) is 8.67. The molecule has 0 atom stereocenters. The molecular weight excluding hydrogens is 537 g/mol. The van der Waals surface area contributed by atoms with Gasteiger partial charge in [0.05, 0.1) is 46.2 Å². The molecule has 2 aromatic heterocycles. The van der Waals surface area contributed by atoms with Crippen LogP contribution in [0.2, 0.25) is 0 Å². The van der Waals surface area contributed by atoms with Crippen molar-refractivity contribution in [1.82, 2.24) is 17.5 Å². The molecule has 10 heteroatoms. The van der Waals surface area contributed by atoms with Gasteiger partial charge in [0.25, 0.3) is 0 Å². The minimum absolute atomic E-state index is 0.829. The third-order valence-corrected chi connectivity index (χ3v) is 7.44. The van der Waals surface area contributed by atoms with E-state index >= 15 is 0 Å². The molecule has 4 N–H and O–H groups in total. The van der Waals surface area contributed by atoms with Crippen LogP contribution in [0, 0.1) is 0 Å². The predicted molar refractivity (Wildman–Crippen MR) is 167 cm³/mol. The van der Waals surface area contributed by atoms with Crippen molar-refractivity contribution >= 4 is 91.0 Å². The van der Waals surface area contributed by atoms with E-state index in [-0.39, 0.29) is 0 Å². The van der Waals surface area contributed by atoms with Crippen LogP contribution in [0.25, 0.3) is 22.1 Å². The number of aromatic nitrogens is 4. The molecule has 0 aliphatic carbocycles. The van der Waals surface area contributed by atoms with Crippen LogP contribution < -0.4 is 21.3 Å². The maximum absolute atomic E-state index is 4.55. The highest BCUT2D eigenvalue weighted by atomic mass is 32.1. The third-order valence-electron chi connectivity index (χ3n) is 6.38.